The van der Waals surface area contributed by atoms with Crippen LogP contribution >= 0.6 is 0 Å². The number of rotatable bonds is 0. The highest BCUT2D eigenvalue weighted by Crippen LogP contribution is 2.32. The molecule has 2 N–H and O–H groups in total. The summed E-state index contributed by atoms with van der Waals surface area (Å²) in [7, 11) is 0. The lowest BCUT2D eigenvalue weighted by molar-refractivity contribution is 0.734. The van der Waals surface area contributed by atoms with Gasteiger partial charge in [0.1, 0.15) is 0 Å². The minimum absolute atomic E-state index is 0.370. The second-order valence-electron chi connectivity index (χ2n) is 3.81. The molecule has 0 heterocycles. The molecule has 0 amide bonds. The third-order valence-electron chi connectivity index (χ3n) is 2.62. The third kappa shape index (κ3) is 1.37. The maximum atomic E-state index is 5.88. The number of hydrogen-bond donors (Lipinski definition) is 1. The summed E-state index contributed by atoms with van der Waals surface area (Å²) in [5, 5.41) is 0. The molecule has 0 saturated heterocycles. The molecule has 1 saturated carbocycles. The van der Waals surface area contributed by atoms with Gasteiger partial charge in [0.05, 0.1) is 0 Å². The molecule has 64 valence electrons. The van der Waals surface area contributed by atoms with Gasteiger partial charge < -0.3 is 5.73 Å². The molecule has 1 heteroatoms. The van der Waals surface area contributed by atoms with Gasteiger partial charge in [0.25, 0.3) is 0 Å². The van der Waals surface area contributed by atoms with E-state index in [1.54, 1.807) is 0 Å². The molecule has 0 radical (unpaired) electrons. The molecule has 2 aliphatic carbocycles. The van der Waals surface area contributed by atoms with E-state index in [1.165, 1.54) is 16.7 Å². The number of nitrogens with two attached hydrogens (primary N) is 1. The maximum absolute atomic E-state index is 5.88. The van der Waals surface area contributed by atoms with Gasteiger partial charge in [-0.05, 0) is 37.3 Å². The molecule has 0 bridgehead atoms. The second-order valence-corrected chi connectivity index (χ2v) is 3.81. The largest absolute Gasteiger partial charge is 0.327 e. The molecule has 12 heavy (non-hydrogen) atoms. The van der Waals surface area contributed by atoms with Crippen LogP contribution in [-0.2, 0) is 0 Å². The van der Waals surface area contributed by atoms with Gasteiger partial charge in [-0.25, -0.2) is 0 Å². The quantitative estimate of drug-likeness (QED) is 0.579. The van der Waals surface area contributed by atoms with Gasteiger partial charge in [-0.1, -0.05) is 23.8 Å². The highest BCUT2D eigenvalue weighted by molar-refractivity contribution is 5.42. The lowest BCUT2D eigenvalue weighted by Gasteiger charge is -1.96. The standard InChI is InChI=1S/C11H15N/c1-8-2-4-9-6-11(12)7-10(9)5-3-8/h2,4-5,11H,3,6-7,12H2,1H3. The lowest BCUT2D eigenvalue weighted by atomic mass is 10.1. The van der Waals surface area contributed by atoms with Crippen molar-refractivity contribution in [1.29, 1.82) is 0 Å². The topological polar surface area (TPSA) is 26.0 Å². The number of allylic oxidation sites excluding steroid dienone is 4. The van der Waals surface area contributed by atoms with E-state index in [4.69, 9.17) is 5.73 Å². The van der Waals surface area contributed by atoms with Crippen molar-refractivity contribution in [2.45, 2.75) is 32.2 Å². The first-order valence-electron chi connectivity index (χ1n) is 4.57. The monoisotopic (exact) mass is 161 g/mol. The first-order valence-corrected chi connectivity index (χ1v) is 4.57. The van der Waals surface area contributed by atoms with E-state index in [2.05, 4.69) is 25.2 Å². The van der Waals surface area contributed by atoms with E-state index in [9.17, 15) is 0 Å². The molecular weight excluding hydrogens is 146 g/mol. The Morgan fingerprint density at radius 2 is 2.00 bits per heavy atom. The molecule has 0 aromatic rings. The molecule has 2 rings (SSSR count). The van der Waals surface area contributed by atoms with Crippen LogP contribution in [0.15, 0.2) is 34.9 Å². The van der Waals surface area contributed by atoms with Crippen molar-refractivity contribution in [3.63, 3.8) is 0 Å². The van der Waals surface area contributed by atoms with Crippen LogP contribution in [0, 0.1) is 0 Å². The van der Waals surface area contributed by atoms with Crippen molar-refractivity contribution >= 4 is 0 Å². The summed E-state index contributed by atoms with van der Waals surface area (Å²) in [6.07, 6.45) is 10.0. The van der Waals surface area contributed by atoms with E-state index < -0.39 is 0 Å². The molecule has 1 atom stereocenters. The molecule has 1 nitrogen and oxygen atoms in total. The molecule has 0 spiro atoms. The fourth-order valence-corrected chi connectivity index (χ4v) is 1.88. The molecule has 2 aliphatic rings. The van der Waals surface area contributed by atoms with E-state index in [0.29, 0.717) is 6.04 Å². The molecule has 0 aromatic heterocycles. The van der Waals surface area contributed by atoms with E-state index >= 15 is 0 Å². The van der Waals surface area contributed by atoms with Gasteiger partial charge >= 0.3 is 0 Å². The van der Waals surface area contributed by atoms with Gasteiger partial charge in [0, 0.05) is 6.04 Å². The Morgan fingerprint density at radius 1 is 1.25 bits per heavy atom. The summed E-state index contributed by atoms with van der Waals surface area (Å²) in [5.74, 6) is 0. The average Bonchev–Trinajstić information content (AvgIpc) is 2.31. The Hall–Kier alpha value is -0.820. The predicted octanol–water partition coefficient (Wildman–Crippen LogP) is 2.31. The smallest absolute Gasteiger partial charge is 0.0120 e. The van der Waals surface area contributed by atoms with Crippen molar-refractivity contribution in [2.75, 3.05) is 0 Å². The Kier molecular flexibility index (Phi) is 1.89. The van der Waals surface area contributed by atoms with E-state index in [1.807, 2.05) is 0 Å². The van der Waals surface area contributed by atoms with Gasteiger partial charge in [-0.3, -0.25) is 0 Å². The van der Waals surface area contributed by atoms with Crippen LogP contribution in [0.1, 0.15) is 26.2 Å². The van der Waals surface area contributed by atoms with Gasteiger partial charge in [-0.2, -0.15) is 0 Å². The van der Waals surface area contributed by atoms with Crippen LogP contribution < -0.4 is 5.73 Å². The Balaban J connectivity index is 2.30. The van der Waals surface area contributed by atoms with Gasteiger partial charge in [0.2, 0.25) is 0 Å². The summed E-state index contributed by atoms with van der Waals surface area (Å²) in [6, 6.07) is 0.370. The van der Waals surface area contributed by atoms with Crippen molar-refractivity contribution < 1.29 is 0 Å². The van der Waals surface area contributed by atoms with Crippen LogP contribution in [-0.4, -0.2) is 6.04 Å². The summed E-state index contributed by atoms with van der Waals surface area (Å²) in [4.78, 5) is 0. The Morgan fingerprint density at radius 3 is 2.83 bits per heavy atom. The van der Waals surface area contributed by atoms with Gasteiger partial charge in [-0.15, -0.1) is 0 Å². The lowest BCUT2D eigenvalue weighted by Crippen LogP contribution is -2.13. The third-order valence-corrected chi connectivity index (χ3v) is 2.62. The van der Waals surface area contributed by atoms with Crippen molar-refractivity contribution in [3.8, 4) is 0 Å². The van der Waals surface area contributed by atoms with Crippen molar-refractivity contribution in [1.82, 2.24) is 0 Å². The van der Waals surface area contributed by atoms with Crippen LogP contribution in [0.2, 0.25) is 0 Å². The SMILES string of the molecule is CC1=CC=C2CC(N)CC2=CC1. The van der Waals surface area contributed by atoms with Crippen LogP contribution in [0.5, 0.6) is 0 Å². The van der Waals surface area contributed by atoms with Crippen LogP contribution in [0.25, 0.3) is 0 Å². The number of fused-ring (bicyclic) bond motifs is 1. The minimum Gasteiger partial charge on any atom is -0.327 e. The summed E-state index contributed by atoms with van der Waals surface area (Å²) >= 11 is 0. The molecular formula is C11H15N. The second kappa shape index (κ2) is 2.91. The van der Waals surface area contributed by atoms with Crippen molar-refractivity contribution in [2.24, 2.45) is 5.73 Å². The average molecular weight is 161 g/mol. The van der Waals surface area contributed by atoms with Gasteiger partial charge in [0.15, 0.2) is 0 Å². The normalized spacial score (nSPS) is 28.5. The zero-order valence-corrected chi connectivity index (χ0v) is 7.51. The predicted molar refractivity (Wildman–Crippen MR) is 51.7 cm³/mol. The molecule has 0 aromatic carbocycles. The highest BCUT2D eigenvalue weighted by atomic mass is 14.6. The number of hydrogen-bond acceptors (Lipinski definition) is 1. The van der Waals surface area contributed by atoms with Crippen LogP contribution in [0.4, 0.5) is 0 Å². The summed E-state index contributed by atoms with van der Waals surface area (Å²) < 4.78 is 0. The first-order chi connectivity index (χ1) is 5.75. The zero-order valence-electron chi connectivity index (χ0n) is 7.51. The van der Waals surface area contributed by atoms with Crippen LogP contribution in [0.3, 0.4) is 0 Å². The highest BCUT2D eigenvalue weighted by Gasteiger charge is 2.20. The maximum Gasteiger partial charge on any atom is 0.0120 e. The van der Waals surface area contributed by atoms with Crippen molar-refractivity contribution in [3.05, 3.63) is 34.9 Å². The first kappa shape index (κ1) is 7.81. The fraction of sp³-hybridized carbons (Fsp3) is 0.455. The minimum atomic E-state index is 0.370. The Bertz CT molecular complexity index is 281. The molecule has 1 unspecified atom stereocenters. The molecule has 1 fully saturated rings. The van der Waals surface area contributed by atoms with E-state index in [0.717, 1.165) is 19.3 Å². The summed E-state index contributed by atoms with van der Waals surface area (Å²) in [6.45, 7) is 2.18. The molecule has 0 aliphatic heterocycles. The zero-order chi connectivity index (χ0) is 8.55. The summed E-state index contributed by atoms with van der Waals surface area (Å²) in [5.41, 5.74) is 10.3. The Labute approximate surface area is 73.6 Å². The van der Waals surface area contributed by atoms with E-state index in [-0.39, 0.29) is 0 Å². The fourth-order valence-electron chi connectivity index (χ4n) is 1.88.